The number of ketones is 1. The van der Waals surface area contributed by atoms with Crippen molar-refractivity contribution in [2.75, 3.05) is 0 Å². The van der Waals surface area contributed by atoms with Crippen LogP contribution >= 0.6 is 9.47 Å². The molecule has 3 unspecified atom stereocenters. The Balaban J connectivity index is 2.06. The van der Waals surface area contributed by atoms with Gasteiger partial charge in [0.15, 0.2) is 8.32 Å². The summed E-state index contributed by atoms with van der Waals surface area (Å²) in [5, 5.41) is 2.97. The first-order valence-electron chi connectivity index (χ1n) is 7.75. The van der Waals surface area contributed by atoms with E-state index >= 15 is 0 Å². The molecule has 1 aromatic carbocycles. The standard InChI is InChI=1S/C16H24NO4PSi/c1-23(2,3)21-15-9-6-12(18)10-14(15)17-16(19)11-4-7-13(20-22)8-5-11/h4-5,7-8,14-15H,6,9-10,22H2,1-3H3,(H,17,19). The first kappa shape index (κ1) is 18.1. The zero-order valence-electron chi connectivity index (χ0n) is 13.8. The highest BCUT2D eigenvalue weighted by Crippen LogP contribution is 2.23. The summed E-state index contributed by atoms with van der Waals surface area (Å²) in [4.78, 5) is 24.2. The topological polar surface area (TPSA) is 64.6 Å². The zero-order chi connectivity index (χ0) is 17.0. The van der Waals surface area contributed by atoms with Gasteiger partial charge in [0.25, 0.3) is 5.91 Å². The number of carbonyl (C=O) groups excluding carboxylic acids is 2. The summed E-state index contributed by atoms with van der Waals surface area (Å²) in [6.45, 7) is 6.34. The van der Waals surface area contributed by atoms with Crippen LogP contribution in [0.15, 0.2) is 24.3 Å². The van der Waals surface area contributed by atoms with Crippen LogP contribution in [0.2, 0.25) is 19.6 Å². The van der Waals surface area contributed by atoms with E-state index in [2.05, 4.69) is 34.4 Å². The third kappa shape index (κ3) is 5.41. The van der Waals surface area contributed by atoms with Gasteiger partial charge in [0, 0.05) is 18.4 Å². The van der Waals surface area contributed by atoms with Crippen molar-refractivity contribution in [3.05, 3.63) is 29.8 Å². The molecule has 23 heavy (non-hydrogen) atoms. The molecule has 1 fully saturated rings. The van der Waals surface area contributed by atoms with Crippen molar-refractivity contribution in [3.63, 3.8) is 0 Å². The minimum atomic E-state index is -1.73. The molecule has 0 aliphatic heterocycles. The maximum absolute atomic E-state index is 12.4. The number of amides is 1. The smallest absolute Gasteiger partial charge is 0.251 e. The normalized spacial score (nSPS) is 21.8. The molecule has 1 aliphatic carbocycles. The zero-order valence-corrected chi connectivity index (χ0v) is 16.0. The molecule has 1 N–H and O–H groups in total. The summed E-state index contributed by atoms with van der Waals surface area (Å²) in [6, 6.07) is 6.60. The fraction of sp³-hybridized carbons (Fsp3) is 0.500. The second-order valence-electron chi connectivity index (χ2n) is 6.77. The van der Waals surface area contributed by atoms with Gasteiger partial charge in [0.1, 0.15) is 11.5 Å². The van der Waals surface area contributed by atoms with Crippen LogP contribution in [0.25, 0.3) is 0 Å². The number of carbonyl (C=O) groups is 2. The molecular weight excluding hydrogens is 329 g/mol. The van der Waals surface area contributed by atoms with Crippen LogP contribution in [0.4, 0.5) is 0 Å². The first-order chi connectivity index (χ1) is 10.8. The van der Waals surface area contributed by atoms with Gasteiger partial charge in [-0.15, -0.1) is 0 Å². The molecule has 5 nitrogen and oxygen atoms in total. The lowest BCUT2D eigenvalue weighted by Crippen LogP contribution is -2.51. The van der Waals surface area contributed by atoms with Crippen molar-refractivity contribution in [2.24, 2.45) is 0 Å². The Morgan fingerprint density at radius 3 is 2.48 bits per heavy atom. The van der Waals surface area contributed by atoms with Gasteiger partial charge in [-0.05, 0) is 50.3 Å². The molecule has 7 heteroatoms. The Labute approximate surface area is 140 Å². The monoisotopic (exact) mass is 353 g/mol. The molecular formula is C16H24NO4PSi. The van der Waals surface area contributed by atoms with Crippen LogP contribution in [0.3, 0.4) is 0 Å². The number of Topliss-reactive ketones (excluding diaryl/α,β-unsaturated/α-hetero) is 1. The Kier molecular flexibility index (Phi) is 5.95. The molecule has 0 heterocycles. The van der Waals surface area contributed by atoms with Crippen molar-refractivity contribution < 1.29 is 18.5 Å². The van der Waals surface area contributed by atoms with Gasteiger partial charge in [-0.2, -0.15) is 0 Å². The average Bonchev–Trinajstić information content (AvgIpc) is 2.49. The Morgan fingerprint density at radius 1 is 1.26 bits per heavy atom. The van der Waals surface area contributed by atoms with Gasteiger partial charge in [-0.25, -0.2) is 0 Å². The highest BCUT2D eigenvalue weighted by Gasteiger charge is 2.34. The van der Waals surface area contributed by atoms with Crippen LogP contribution in [0.5, 0.6) is 5.75 Å². The second kappa shape index (κ2) is 7.56. The van der Waals surface area contributed by atoms with Gasteiger partial charge in [0.05, 0.1) is 21.6 Å². The number of hydrogen-bond donors (Lipinski definition) is 1. The number of rotatable bonds is 5. The van der Waals surface area contributed by atoms with Crippen molar-refractivity contribution >= 4 is 29.5 Å². The molecule has 1 aliphatic rings. The Bertz CT molecular complexity index is 570. The third-order valence-corrected chi connectivity index (χ3v) is 4.96. The molecule has 1 saturated carbocycles. The predicted octanol–water partition coefficient (Wildman–Crippen LogP) is 2.93. The second-order valence-corrected chi connectivity index (χ2v) is 11.5. The summed E-state index contributed by atoms with van der Waals surface area (Å²) >= 11 is 0. The highest BCUT2D eigenvalue weighted by molar-refractivity contribution is 7.10. The van der Waals surface area contributed by atoms with Crippen molar-refractivity contribution in [2.45, 2.75) is 51.0 Å². The van der Waals surface area contributed by atoms with E-state index in [-0.39, 0.29) is 23.8 Å². The maximum Gasteiger partial charge on any atom is 0.251 e. The maximum atomic E-state index is 12.4. The van der Waals surface area contributed by atoms with E-state index in [1.165, 1.54) is 0 Å². The van der Waals surface area contributed by atoms with E-state index in [0.29, 0.717) is 30.6 Å². The lowest BCUT2D eigenvalue weighted by molar-refractivity contribution is -0.122. The van der Waals surface area contributed by atoms with Gasteiger partial charge in [0.2, 0.25) is 0 Å². The summed E-state index contributed by atoms with van der Waals surface area (Å²) in [6.07, 6.45) is 1.46. The molecule has 0 bridgehead atoms. The van der Waals surface area contributed by atoms with Crippen LogP contribution in [-0.4, -0.2) is 32.2 Å². The van der Waals surface area contributed by atoms with E-state index in [1.54, 1.807) is 24.3 Å². The summed E-state index contributed by atoms with van der Waals surface area (Å²) in [7, 11) is 0.432. The fourth-order valence-electron chi connectivity index (χ4n) is 2.66. The molecule has 126 valence electrons. The highest BCUT2D eigenvalue weighted by atomic mass is 31.0. The van der Waals surface area contributed by atoms with E-state index in [4.69, 9.17) is 8.95 Å². The molecule has 1 amide bonds. The van der Waals surface area contributed by atoms with Crippen LogP contribution < -0.4 is 9.84 Å². The fourth-order valence-corrected chi connectivity index (χ4v) is 4.01. The van der Waals surface area contributed by atoms with E-state index in [9.17, 15) is 9.59 Å². The minimum absolute atomic E-state index is 0.0852. The molecule has 0 aromatic heterocycles. The van der Waals surface area contributed by atoms with Gasteiger partial charge in [-0.3, -0.25) is 9.59 Å². The van der Waals surface area contributed by atoms with Crippen LogP contribution in [0, 0.1) is 0 Å². The van der Waals surface area contributed by atoms with Crippen molar-refractivity contribution in [1.82, 2.24) is 5.32 Å². The van der Waals surface area contributed by atoms with Gasteiger partial charge >= 0.3 is 0 Å². The SMILES string of the molecule is C[Si](C)(C)OC1CCC(=O)CC1NC(=O)c1ccc(OP)cc1. The molecule has 0 radical (unpaired) electrons. The minimum Gasteiger partial charge on any atom is -0.480 e. The Morgan fingerprint density at radius 2 is 1.91 bits per heavy atom. The van der Waals surface area contributed by atoms with Crippen molar-refractivity contribution in [1.29, 1.82) is 0 Å². The van der Waals surface area contributed by atoms with E-state index in [1.807, 2.05) is 0 Å². The third-order valence-electron chi connectivity index (χ3n) is 3.68. The van der Waals surface area contributed by atoms with E-state index < -0.39 is 8.32 Å². The van der Waals surface area contributed by atoms with Gasteiger partial charge < -0.3 is 14.3 Å². The molecule has 1 aromatic rings. The van der Waals surface area contributed by atoms with Gasteiger partial charge in [-0.1, -0.05) is 0 Å². The van der Waals surface area contributed by atoms with Crippen LogP contribution in [-0.2, 0) is 9.22 Å². The number of nitrogens with one attached hydrogen (secondary N) is 1. The lowest BCUT2D eigenvalue weighted by atomic mass is 9.91. The molecule has 2 rings (SSSR count). The van der Waals surface area contributed by atoms with Crippen LogP contribution in [0.1, 0.15) is 29.6 Å². The summed E-state index contributed by atoms with van der Waals surface area (Å²) < 4.78 is 11.2. The Hall–Kier alpha value is -1.23. The largest absolute Gasteiger partial charge is 0.480 e. The molecule has 3 atom stereocenters. The van der Waals surface area contributed by atoms with E-state index in [0.717, 1.165) is 0 Å². The predicted molar refractivity (Wildman–Crippen MR) is 95.1 cm³/mol. The summed E-state index contributed by atoms with van der Waals surface area (Å²) in [5.41, 5.74) is 0.542. The first-order valence-corrected chi connectivity index (χ1v) is 11.6. The number of benzene rings is 1. The lowest BCUT2D eigenvalue weighted by Gasteiger charge is -2.35. The summed E-state index contributed by atoms with van der Waals surface area (Å²) in [5.74, 6) is 0.654. The number of hydrogen-bond acceptors (Lipinski definition) is 4. The molecule has 0 spiro atoms. The van der Waals surface area contributed by atoms with Crippen molar-refractivity contribution in [3.8, 4) is 5.75 Å². The molecule has 0 saturated heterocycles. The quantitative estimate of drug-likeness (QED) is 0.653. The average molecular weight is 353 g/mol.